The zero-order valence-corrected chi connectivity index (χ0v) is 16.7. The summed E-state index contributed by atoms with van der Waals surface area (Å²) in [5.41, 5.74) is 2.83. The molecule has 6 heteroatoms. The molecule has 150 valence electrons. The molecule has 0 radical (unpaired) electrons. The number of anilines is 1. The summed E-state index contributed by atoms with van der Waals surface area (Å²) in [6.45, 7) is 10.2. The number of benzene rings is 1. The van der Waals surface area contributed by atoms with Crippen molar-refractivity contribution in [1.29, 1.82) is 0 Å². The number of rotatable bonds is 9. The number of fused-ring (bicyclic) bond motifs is 1. The number of guanidine groups is 1. The molecule has 1 fully saturated rings. The van der Waals surface area contributed by atoms with Crippen molar-refractivity contribution < 1.29 is 9.47 Å². The van der Waals surface area contributed by atoms with Crippen molar-refractivity contribution in [2.45, 2.75) is 45.3 Å². The van der Waals surface area contributed by atoms with Crippen LogP contribution in [-0.4, -0.2) is 64.1 Å². The average Bonchev–Trinajstić information content (AvgIpc) is 3.29. The van der Waals surface area contributed by atoms with Crippen molar-refractivity contribution >= 4 is 11.6 Å². The Morgan fingerprint density at radius 1 is 1.33 bits per heavy atom. The fourth-order valence-electron chi connectivity index (χ4n) is 3.76. The first-order chi connectivity index (χ1) is 13.3. The maximum Gasteiger partial charge on any atom is 0.191 e. The Balaban J connectivity index is 1.38. The van der Waals surface area contributed by atoms with E-state index in [1.165, 1.54) is 11.3 Å². The zero-order valence-electron chi connectivity index (χ0n) is 16.7. The molecule has 2 unspecified atom stereocenters. The van der Waals surface area contributed by atoms with Crippen LogP contribution in [0.2, 0.25) is 0 Å². The van der Waals surface area contributed by atoms with Crippen LogP contribution in [0, 0.1) is 0 Å². The highest BCUT2D eigenvalue weighted by Crippen LogP contribution is 2.31. The molecule has 0 bridgehead atoms. The molecule has 2 N–H and O–H groups in total. The smallest absolute Gasteiger partial charge is 0.191 e. The normalized spacial score (nSPS) is 22.1. The molecule has 0 saturated carbocycles. The van der Waals surface area contributed by atoms with Crippen molar-refractivity contribution in [3.63, 3.8) is 0 Å². The second-order valence-electron chi connectivity index (χ2n) is 7.27. The van der Waals surface area contributed by atoms with Crippen LogP contribution in [0.5, 0.6) is 0 Å². The number of ether oxygens (including phenoxy) is 2. The van der Waals surface area contributed by atoms with Crippen LogP contribution in [-0.2, 0) is 15.9 Å². The molecular formula is C21H34N4O2. The lowest BCUT2D eigenvalue weighted by Crippen LogP contribution is -2.43. The second-order valence-corrected chi connectivity index (χ2v) is 7.27. The van der Waals surface area contributed by atoms with E-state index in [4.69, 9.17) is 9.47 Å². The summed E-state index contributed by atoms with van der Waals surface area (Å²) in [4.78, 5) is 7.16. The lowest BCUT2D eigenvalue weighted by atomic mass is 10.1. The van der Waals surface area contributed by atoms with Gasteiger partial charge in [-0.05, 0) is 44.7 Å². The number of nitrogens with one attached hydrogen (secondary N) is 2. The predicted molar refractivity (Wildman–Crippen MR) is 111 cm³/mol. The Morgan fingerprint density at radius 2 is 2.22 bits per heavy atom. The summed E-state index contributed by atoms with van der Waals surface area (Å²) in [6, 6.07) is 9.29. The number of hydrogen-bond donors (Lipinski definition) is 2. The van der Waals surface area contributed by atoms with E-state index in [1.807, 2.05) is 0 Å². The van der Waals surface area contributed by atoms with Gasteiger partial charge in [-0.25, -0.2) is 0 Å². The largest absolute Gasteiger partial charge is 0.379 e. The quantitative estimate of drug-likeness (QED) is 0.394. The lowest BCUT2D eigenvalue weighted by molar-refractivity contribution is 0.0424. The Hall–Kier alpha value is -1.79. The van der Waals surface area contributed by atoms with Gasteiger partial charge in [0.1, 0.15) is 0 Å². The summed E-state index contributed by atoms with van der Waals surface area (Å²) in [7, 11) is 0. The number of para-hydroxylation sites is 1. The minimum atomic E-state index is 0.283. The molecule has 1 saturated heterocycles. The number of hydrogen-bond acceptors (Lipinski definition) is 4. The Labute approximate surface area is 163 Å². The highest BCUT2D eigenvalue weighted by molar-refractivity contribution is 5.79. The van der Waals surface area contributed by atoms with Gasteiger partial charge in [-0.1, -0.05) is 18.2 Å². The molecule has 6 nitrogen and oxygen atoms in total. The van der Waals surface area contributed by atoms with E-state index >= 15 is 0 Å². The number of aliphatic imine (C=N–C) groups is 1. The maximum absolute atomic E-state index is 5.80. The van der Waals surface area contributed by atoms with E-state index in [1.54, 1.807) is 0 Å². The van der Waals surface area contributed by atoms with Gasteiger partial charge >= 0.3 is 0 Å². The maximum atomic E-state index is 5.80. The van der Waals surface area contributed by atoms with Gasteiger partial charge in [0.25, 0.3) is 0 Å². The fraction of sp³-hybridized carbons (Fsp3) is 0.667. The monoisotopic (exact) mass is 374 g/mol. The topological polar surface area (TPSA) is 58.1 Å². The van der Waals surface area contributed by atoms with Crippen LogP contribution in [0.15, 0.2) is 29.3 Å². The predicted octanol–water partition coefficient (Wildman–Crippen LogP) is 2.19. The summed E-state index contributed by atoms with van der Waals surface area (Å²) < 4.78 is 11.1. The average molecular weight is 375 g/mol. The summed E-state index contributed by atoms with van der Waals surface area (Å²) in [5, 5.41) is 6.80. The minimum absolute atomic E-state index is 0.283. The van der Waals surface area contributed by atoms with Gasteiger partial charge in [0.15, 0.2) is 5.96 Å². The Kier molecular flexibility index (Phi) is 7.78. The van der Waals surface area contributed by atoms with Crippen molar-refractivity contribution in [2.24, 2.45) is 4.99 Å². The van der Waals surface area contributed by atoms with E-state index in [0.29, 0.717) is 6.04 Å². The summed E-state index contributed by atoms with van der Waals surface area (Å²) in [6.07, 6.45) is 3.37. The third-order valence-corrected chi connectivity index (χ3v) is 5.15. The molecule has 0 amide bonds. The van der Waals surface area contributed by atoms with Crippen molar-refractivity contribution in [1.82, 2.24) is 10.6 Å². The Bertz CT molecular complexity index is 602. The highest BCUT2D eigenvalue weighted by Gasteiger charge is 2.24. The van der Waals surface area contributed by atoms with Crippen molar-refractivity contribution in [3.8, 4) is 0 Å². The van der Waals surface area contributed by atoms with Gasteiger partial charge < -0.3 is 25.0 Å². The van der Waals surface area contributed by atoms with Crippen molar-refractivity contribution in [3.05, 3.63) is 29.8 Å². The minimum Gasteiger partial charge on any atom is -0.379 e. The van der Waals surface area contributed by atoms with Gasteiger partial charge in [-0.3, -0.25) is 4.99 Å². The highest BCUT2D eigenvalue weighted by atomic mass is 16.5. The van der Waals surface area contributed by atoms with Crippen LogP contribution < -0.4 is 15.5 Å². The molecule has 0 aromatic heterocycles. The SMILES string of the molecule is CCNC(=NCCCOC1CCOC1)NCCN1c2ccccc2CC1C. The van der Waals surface area contributed by atoms with Crippen LogP contribution in [0.4, 0.5) is 5.69 Å². The molecule has 1 aromatic carbocycles. The molecule has 3 rings (SSSR count). The van der Waals surface area contributed by atoms with Crippen LogP contribution in [0.25, 0.3) is 0 Å². The molecule has 2 aliphatic heterocycles. The van der Waals surface area contributed by atoms with Gasteiger partial charge in [0.05, 0.1) is 12.7 Å². The third kappa shape index (κ3) is 5.84. The first-order valence-electron chi connectivity index (χ1n) is 10.3. The van der Waals surface area contributed by atoms with Crippen LogP contribution in [0.1, 0.15) is 32.3 Å². The first kappa shape index (κ1) is 20.0. The van der Waals surface area contributed by atoms with E-state index in [2.05, 4.69) is 58.6 Å². The second kappa shape index (κ2) is 10.5. The Morgan fingerprint density at radius 3 is 3.04 bits per heavy atom. The molecule has 1 aromatic rings. The van der Waals surface area contributed by atoms with E-state index < -0.39 is 0 Å². The van der Waals surface area contributed by atoms with Gasteiger partial charge in [0, 0.05) is 51.1 Å². The molecule has 0 spiro atoms. The molecule has 2 heterocycles. The standard InChI is InChI=1S/C21H34N4O2/c1-3-22-21(23-10-6-13-27-19-9-14-26-16-19)24-11-12-25-17(2)15-18-7-4-5-8-20(18)25/h4-5,7-8,17,19H,3,6,9-16H2,1-2H3,(H2,22,23,24). The van der Waals surface area contributed by atoms with E-state index in [-0.39, 0.29) is 6.10 Å². The van der Waals surface area contributed by atoms with Gasteiger partial charge in [-0.15, -0.1) is 0 Å². The molecule has 2 aliphatic rings. The van der Waals surface area contributed by atoms with Crippen molar-refractivity contribution in [2.75, 3.05) is 50.9 Å². The van der Waals surface area contributed by atoms with E-state index in [9.17, 15) is 0 Å². The number of nitrogens with zero attached hydrogens (tertiary/aromatic N) is 2. The van der Waals surface area contributed by atoms with Gasteiger partial charge in [0.2, 0.25) is 0 Å². The molecule has 2 atom stereocenters. The first-order valence-corrected chi connectivity index (χ1v) is 10.3. The summed E-state index contributed by atoms with van der Waals surface area (Å²) >= 11 is 0. The van der Waals surface area contributed by atoms with E-state index in [0.717, 1.165) is 71.2 Å². The fourth-order valence-corrected chi connectivity index (χ4v) is 3.76. The van der Waals surface area contributed by atoms with Crippen LogP contribution in [0.3, 0.4) is 0 Å². The third-order valence-electron chi connectivity index (χ3n) is 5.15. The molecule has 27 heavy (non-hydrogen) atoms. The van der Waals surface area contributed by atoms with Gasteiger partial charge in [-0.2, -0.15) is 0 Å². The summed E-state index contributed by atoms with van der Waals surface area (Å²) in [5.74, 6) is 0.891. The lowest BCUT2D eigenvalue weighted by Gasteiger charge is -2.25. The molecular weight excluding hydrogens is 340 g/mol. The molecule has 0 aliphatic carbocycles. The van der Waals surface area contributed by atoms with Crippen LogP contribution >= 0.6 is 0 Å². The zero-order chi connectivity index (χ0) is 18.9.